The van der Waals surface area contributed by atoms with Crippen molar-refractivity contribution in [3.05, 3.63) is 33.8 Å². The first-order valence-electron chi connectivity index (χ1n) is 6.22. The summed E-state index contributed by atoms with van der Waals surface area (Å²) in [5.74, 6) is -0.261. The van der Waals surface area contributed by atoms with E-state index in [1.165, 1.54) is 22.9 Å². The average Bonchev–Trinajstić information content (AvgIpc) is 2.72. The van der Waals surface area contributed by atoms with Gasteiger partial charge in [0.1, 0.15) is 12.4 Å². The minimum Gasteiger partial charge on any atom is -0.352 e. The predicted octanol–water partition coefficient (Wildman–Crippen LogP) is 3.02. The fourth-order valence-electron chi connectivity index (χ4n) is 1.78. The number of hydrogen-bond donors (Lipinski definition) is 1. The van der Waals surface area contributed by atoms with Crippen LogP contribution in [0.3, 0.4) is 0 Å². The van der Waals surface area contributed by atoms with Gasteiger partial charge in [-0.05, 0) is 48.0 Å². The van der Waals surface area contributed by atoms with E-state index < -0.39 is 5.82 Å². The van der Waals surface area contributed by atoms with Gasteiger partial charge in [-0.15, -0.1) is 5.10 Å². The molecule has 0 saturated heterocycles. The van der Waals surface area contributed by atoms with E-state index in [0.717, 1.165) is 0 Å². The lowest BCUT2D eigenvalue weighted by molar-refractivity contribution is -0.122. The molecule has 0 spiro atoms. The fraction of sp³-hybridized carbons (Fsp3) is 0.308. The topological polar surface area (TPSA) is 59.8 Å². The zero-order valence-electron chi connectivity index (χ0n) is 11.4. The van der Waals surface area contributed by atoms with Crippen molar-refractivity contribution in [2.75, 3.05) is 0 Å². The lowest BCUT2D eigenvalue weighted by atomic mass is 10.2. The summed E-state index contributed by atoms with van der Waals surface area (Å²) in [6, 6.07) is 4.27. The maximum atomic E-state index is 13.2. The van der Waals surface area contributed by atoms with E-state index in [0.29, 0.717) is 16.1 Å². The molecule has 1 aromatic heterocycles. The highest BCUT2D eigenvalue weighted by atomic mass is 79.9. The van der Waals surface area contributed by atoms with E-state index in [2.05, 4.69) is 31.3 Å². The molecule has 21 heavy (non-hydrogen) atoms. The van der Waals surface area contributed by atoms with Crippen molar-refractivity contribution in [2.24, 2.45) is 0 Å². The Morgan fingerprint density at radius 2 is 2.24 bits per heavy atom. The van der Waals surface area contributed by atoms with Crippen molar-refractivity contribution in [3.8, 4) is 11.4 Å². The summed E-state index contributed by atoms with van der Waals surface area (Å²) >= 11 is 8.95. The molecular weight excluding hydrogens is 363 g/mol. The molecule has 1 N–H and O–H groups in total. The summed E-state index contributed by atoms with van der Waals surface area (Å²) in [5, 5.41) is 6.87. The first-order chi connectivity index (χ1) is 9.86. The Morgan fingerprint density at radius 3 is 2.86 bits per heavy atom. The summed E-state index contributed by atoms with van der Waals surface area (Å²) in [5.41, 5.74) is 0.581. The zero-order valence-corrected chi connectivity index (χ0v) is 13.7. The summed E-state index contributed by atoms with van der Waals surface area (Å²) in [7, 11) is 0. The molecule has 2 aromatic rings. The third kappa shape index (κ3) is 4.01. The van der Waals surface area contributed by atoms with E-state index in [1.807, 2.05) is 13.8 Å². The molecule has 1 amide bonds. The highest BCUT2D eigenvalue weighted by Crippen LogP contribution is 2.24. The van der Waals surface area contributed by atoms with Crippen LogP contribution in [0.2, 0.25) is 5.02 Å². The number of hydrogen-bond acceptors (Lipinski definition) is 3. The van der Waals surface area contributed by atoms with E-state index >= 15 is 0 Å². The predicted molar refractivity (Wildman–Crippen MR) is 81.4 cm³/mol. The van der Waals surface area contributed by atoms with Crippen LogP contribution in [-0.4, -0.2) is 26.7 Å². The highest BCUT2D eigenvalue weighted by Gasteiger charge is 2.15. The number of amides is 1. The van der Waals surface area contributed by atoms with Gasteiger partial charge in [0.05, 0.1) is 5.02 Å². The van der Waals surface area contributed by atoms with Crippen LogP contribution in [0.4, 0.5) is 4.39 Å². The monoisotopic (exact) mass is 374 g/mol. The van der Waals surface area contributed by atoms with Gasteiger partial charge in [-0.2, -0.15) is 0 Å². The third-order valence-corrected chi connectivity index (χ3v) is 3.19. The van der Waals surface area contributed by atoms with Crippen LogP contribution in [-0.2, 0) is 11.3 Å². The molecule has 0 aliphatic carbocycles. The van der Waals surface area contributed by atoms with Crippen LogP contribution in [0.5, 0.6) is 0 Å². The Morgan fingerprint density at radius 1 is 1.52 bits per heavy atom. The van der Waals surface area contributed by atoms with Crippen molar-refractivity contribution in [1.82, 2.24) is 20.1 Å². The van der Waals surface area contributed by atoms with Crippen LogP contribution < -0.4 is 5.32 Å². The van der Waals surface area contributed by atoms with Crippen LogP contribution in [0.15, 0.2) is 22.9 Å². The first-order valence-corrected chi connectivity index (χ1v) is 7.39. The Hall–Kier alpha value is -1.47. The summed E-state index contributed by atoms with van der Waals surface area (Å²) in [6.07, 6.45) is 0. The number of carbonyl (C=O) groups excluding carboxylic acids is 1. The van der Waals surface area contributed by atoms with Gasteiger partial charge in [0, 0.05) is 11.6 Å². The molecule has 1 aromatic carbocycles. The quantitative estimate of drug-likeness (QED) is 0.893. The van der Waals surface area contributed by atoms with Crippen molar-refractivity contribution in [3.63, 3.8) is 0 Å². The molecule has 0 aliphatic rings. The second-order valence-electron chi connectivity index (χ2n) is 4.71. The van der Waals surface area contributed by atoms with E-state index in [1.54, 1.807) is 0 Å². The standard InChI is InChI=1S/C13H13BrClFN4O/c1-7(2)17-11(21)6-20-12(18-13(14)19-20)8-3-4-10(16)9(15)5-8/h3-5,7H,6H2,1-2H3,(H,17,21). The lowest BCUT2D eigenvalue weighted by Gasteiger charge is -2.10. The van der Waals surface area contributed by atoms with Gasteiger partial charge in [-0.1, -0.05) is 11.6 Å². The second kappa shape index (κ2) is 6.53. The highest BCUT2D eigenvalue weighted by molar-refractivity contribution is 9.10. The van der Waals surface area contributed by atoms with E-state index in [9.17, 15) is 9.18 Å². The first kappa shape index (κ1) is 15.9. The number of benzene rings is 1. The molecule has 0 aliphatic heterocycles. The Labute approximate surface area is 134 Å². The lowest BCUT2D eigenvalue weighted by Crippen LogP contribution is -2.33. The Balaban J connectivity index is 2.32. The molecule has 2 rings (SSSR count). The van der Waals surface area contributed by atoms with Gasteiger partial charge in [-0.3, -0.25) is 4.79 Å². The molecule has 0 atom stereocenters. The summed E-state index contributed by atoms with van der Waals surface area (Å²) in [6.45, 7) is 3.76. The third-order valence-electron chi connectivity index (χ3n) is 2.57. The normalized spacial score (nSPS) is 11.0. The molecule has 0 saturated carbocycles. The number of carbonyl (C=O) groups is 1. The maximum Gasteiger partial charge on any atom is 0.242 e. The summed E-state index contributed by atoms with van der Waals surface area (Å²) in [4.78, 5) is 16.0. The van der Waals surface area contributed by atoms with Gasteiger partial charge in [0.25, 0.3) is 0 Å². The molecule has 5 nitrogen and oxygen atoms in total. The van der Waals surface area contributed by atoms with Gasteiger partial charge in [-0.25, -0.2) is 14.1 Å². The maximum absolute atomic E-state index is 13.2. The molecule has 0 fully saturated rings. The molecule has 0 bridgehead atoms. The van der Waals surface area contributed by atoms with Crippen LogP contribution in [0, 0.1) is 5.82 Å². The number of halogens is 3. The Kier molecular flexibility index (Phi) is 4.95. The van der Waals surface area contributed by atoms with Crippen LogP contribution in [0.25, 0.3) is 11.4 Å². The molecule has 0 unspecified atom stereocenters. The average molecular weight is 376 g/mol. The number of rotatable bonds is 4. The van der Waals surface area contributed by atoms with Gasteiger partial charge in [0.15, 0.2) is 5.82 Å². The van der Waals surface area contributed by atoms with Gasteiger partial charge < -0.3 is 5.32 Å². The second-order valence-corrected chi connectivity index (χ2v) is 5.83. The molecule has 112 valence electrons. The van der Waals surface area contributed by atoms with Crippen molar-refractivity contribution in [2.45, 2.75) is 26.4 Å². The van der Waals surface area contributed by atoms with E-state index in [-0.39, 0.29) is 23.5 Å². The molecule has 1 heterocycles. The van der Waals surface area contributed by atoms with Gasteiger partial charge >= 0.3 is 0 Å². The molecular formula is C13H13BrClFN4O. The SMILES string of the molecule is CC(C)NC(=O)Cn1nc(Br)nc1-c1ccc(F)c(Cl)c1. The Bertz CT molecular complexity index is 674. The zero-order chi connectivity index (χ0) is 15.6. The van der Waals surface area contributed by atoms with Crippen molar-refractivity contribution < 1.29 is 9.18 Å². The number of nitrogens with one attached hydrogen (secondary N) is 1. The number of aromatic nitrogens is 3. The number of nitrogens with zero attached hydrogens (tertiary/aromatic N) is 3. The van der Waals surface area contributed by atoms with Gasteiger partial charge in [0.2, 0.25) is 10.6 Å². The smallest absolute Gasteiger partial charge is 0.242 e. The van der Waals surface area contributed by atoms with Crippen LogP contribution >= 0.6 is 27.5 Å². The van der Waals surface area contributed by atoms with E-state index in [4.69, 9.17) is 11.6 Å². The summed E-state index contributed by atoms with van der Waals surface area (Å²) < 4.78 is 15.0. The molecule has 8 heteroatoms. The minimum atomic E-state index is -0.511. The van der Waals surface area contributed by atoms with Crippen molar-refractivity contribution >= 4 is 33.4 Å². The minimum absolute atomic E-state index is 0.00944. The van der Waals surface area contributed by atoms with Crippen molar-refractivity contribution in [1.29, 1.82) is 0 Å². The van der Waals surface area contributed by atoms with Crippen LogP contribution in [0.1, 0.15) is 13.8 Å². The fourth-order valence-corrected chi connectivity index (χ4v) is 2.32. The largest absolute Gasteiger partial charge is 0.352 e. The molecule has 0 radical (unpaired) electrons.